The minimum atomic E-state index is -2.15. The molecule has 1 aromatic carbocycles. The summed E-state index contributed by atoms with van der Waals surface area (Å²) < 4.78 is 0. The van der Waals surface area contributed by atoms with E-state index < -0.39 is 8.38 Å². The minimum Gasteiger partial charge on any atom is -0.805 e. The van der Waals surface area contributed by atoms with E-state index in [1.807, 2.05) is 6.07 Å². The van der Waals surface area contributed by atoms with Crippen LogP contribution in [0.5, 0.6) is 0 Å². The van der Waals surface area contributed by atoms with E-state index in [-0.39, 0.29) is 29.6 Å². The molecule has 0 amide bonds. The fourth-order valence-corrected chi connectivity index (χ4v) is 0.983. The molecule has 0 aliphatic rings. The van der Waals surface area contributed by atoms with Gasteiger partial charge in [-0.25, -0.2) is 0 Å². The van der Waals surface area contributed by atoms with Crippen LogP contribution in [0, 0.1) is 0 Å². The predicted octanol–water partition coefficient (Wildman–Crippen LogP) is -3.02. The summed E-state index contributed by atoms with van der Waals surface area (Å²) in [4.78, 5) is 18.9. The quantitative estimate of drug-likeness (QED) is 0.354. The molecule has 48 valence electrons. The molecule has 0 aromatic heterocycles. The summed E-state index contributed by atoms with van der Waals surface area (Å²) in [5, 5.41) is 0.479. The van der Waals surface area contributed by atoms with Crippen molar-refractivity contribution in [2.75, 3.05) is 0 Å². The normalized spacial score (nSPS) is 11.8. The zero-order valence-electron chi connectivity index (χ0n) is 5.69. The Morgan fingerprint density at radius 2 is 1.70 bits per heavy atom. The monoisotopic (exact) mass is 164 g/mol. The average Bonchev–Trinajstić information content (AvgIpc) is 1.90. The van der Waals surface area contributed by atoms with Gasteiger partial charge in [0.05, 0.1) is 0 Å². The van der Waals surface area contributed by atoms with Crippen molar-refractivity contribution in [3.8, 4) is 0 Å². The van der Waals surface area contributed by atoms with E-state index in [2.05, 4.69) is 0 Å². The van der Waals surface area contributed by atoms with Crippen LogP contribution in [0.1, 0.15) is 0 Å². The number of rotatable bonds is 1. The van der Waals surface area contributed by atoms with Crippen molar-refractivity contribution in [3.63, 3.8) is 0 Å². The molecule has 1 rings (SSSR count). The molecular formula is C6H6NaO2P. The van der Waals surface area contributed by atoms with Gasteiger partial charge < -0.3 is 9.79 Å². The van der Waals surface area contributed by atoms with Crippen molar-refractivity contribution in [2.24, 2.45) is 0 Å². The van der Waals surface area contributed by atoms with Gasteiger partial charge in [0.2, 0.25) is 0 Å². The molecular weight excluding hydrogens is 158 g/mol. The maximum Gasteiger partial charge on any atom is 1.00 e. The van der Waals surface area contributed by atoms with Gasteiger partial charge in [0.15, 0.2) is 0 Å². The molecule has 0 radical (unpaired) electrons. The Bertz CT molecular complexity index is 178. The van der Waals surface area contributed by atoms with Gasteiger partial charge >= 0.3 is 29.6 Å². The van der Waals surface area contributed by atoms with E-state index in [1.54, 1.807) is 24.3 Å². The summed E-state index contributed by atoms with van der Waals surface area (Å²) in [6.45, 7) is 0. The summed E-state index contributed by atoms with van der Waals surface area (Å²) in [5.74, 6) is 0. The van der Waals surface area contributed by atoms with Gasteiger partial charge in [-0.15, -0.1) is 0 Å². The van der Waals surface area contributed by atoms with Crippen LogP contribution in [0.3, 0.4) is 0 Å². The Labute approximate surface area is 83.1 Å². The maximum atomic E-state index is 10.3. The third-order valence-electron chi connectivity index (χ3n) is 0.977. The van der Waals surface area contributed by atoms with Gasteiger partial charge in [-0.3, -0.25) is 0 Å². The van der Waals surface area contributed by atoms with Crippen molar-refractivity contribution >= 4 is 13.7 Å². The van der Waals surface area contributed by atoms with Crippen molar-refractivity contribution in [1.29, 1.82) is 0 Å². The van der Waals surface area contributed by atoms with Gasteiger partial charge in [-0.1, -0.05) is 30.3 Å². The van der Waals surface area contributed by atoms with Crippen molar-refractivity contribution < 1.29 is 39.3 Å². The van der Waals surface area contributed by atoms with Crippen LogP contribution in [0.4, 0.5) is 0 Å². The SMILES string of the molecule is [Na+].[O-]P(O)c1ccccc1. The second-order valence-corrected chi connectivity index (χ2v) is 2.67. The molecule has 0 saturated carbocycles. The summed E-state index contributed by atoms with van der Waals surface area (Å²) in [5.41, 5.74) is 0. The zero-order valence-corrected chi connectivity index (χ0v) is 8.58. The molecule has 0 saturated heterocycles. The summed E-state index contributed by atoms with van der Waals surface area (Å²) in [7, 11) is -2.15. The van der Waals surface area contributed by atoms with Gasteiger partial charge in [0.1, 0.15) is 0 Å². The van der Waals surface area contributed by atoms with E-state index in [1.165, 1.54) is 0 Å². The van der Waals surface area contributed by atoms with Gasteiger partial charge in [0, 0.05) is 0 Å². The van der Waals surface area contributed by atoms with Crippen LogP contribution in [-0.2, 0) is 0 Å². The first-order valence-corrected chi connectivity index (χ1v) is 3.73. The topological polar surface area (TPSA) is 43.3 Å². The largest absolute Gasteiger partial charge is 1.00 e. The van der Waals surface area contributed by atoms with Crippen LogP contribution in [0.25, 0.3) is 0 Å². The molecule has 1 atom stereocenters. The number of benzene rings is 1. The van der Waals surface area contributed by atoms with E-state index >= 15 is 0 Å². The van der Waals surface area contributed by atoms with E-state index in [0.717, 1.165) is 0 Å². The standard InChI is InChI=1S/C6H6O2P.Na/c7-9(8)6-4-2-1-3-5-6;/h1-5,7H;/q-1;+1. The van der Waals surface area contributed by atoms with Gasteiger partial charge in [-0.05, 0) is 13.7 Å². The Kier molecular flexibility index (Phi) is 5.55. The summed E-state index contributed by atoms with van der Waals surface area (Å²) >= 11 is 0. The molecule has 4 heteroatoms. The summed E-state index contributed by atoms with van der Waals surface area (Å²) in [6, 6.07) is 8.53. The van der Waals surface area contributed by atoms with Crippen molar-refractivity contribution in [3.05, 3.63) is 30.3 Å². The Morgan fingerprint density at radius 3 is 2.00 bits per heavy atom. The Hall–Kier alpha value is 0.570. The molecule has 0 fully saturated rings. The molecule has 0 aliphatic heterocycles. The van der Waals surface area contributed by atoms with Crippen molar-refractivity contribution in [1.82, 2.24) is 0 Å². The van der Waals surface area contributed by atoms with Crippen LogP contribution in [0.15, 0.2) is 30.3 Å². The summed E-state index contributed by atoms with van der Waals surface area (Å²) in [6.07, 6.45) is 0. The molecule has 10 heavy (non-hydrogen) atoms. The molecule has 1 unspecified atom stereocenters. The number of hydrogen-bond acceptors (Lipinski definition) is 2. The first-order valence-electron chi connectivity index (χ1n) is 2.52. The first kappa shape index (κ1) is 10.6. The fourth-order valence-electron chi connectivity index (χ4n) is 0.556. The molecule has 0 aliphatic carbocycles. The molecule has 1 aromatic rings. The Balaban J connectivity index is 0.000000810. The van der Waals surface area contributed by atoms with E-state index in [4.69, 9.17) is 4.89 Å². The average molecular weight is 164 g/mol. The van der Waals surface area contributed by atoms with Gasteiger partial charge in [0.25, 0.3) is 0 Å². The third-order valence-corrected chi connectivity index (χ3v) is 1.72. The predicted molar refractivity (Wildman–Crippen MR) is 35.2 cm³/mol. The van der Waals surface area contributed by atoms with E-state index in [9.17, 15) is 4.89 Å². The number of hydrogen-bond donors (Lipinski definition) is 1. The van der Waals surface area contributed by atoms with Crippen LogP contribution in [-0.4, -0.2) is 4.89 Å². The smallest absolute Gasteiger partial charge is 0.805 e. The van der Waals surface area contributed by atoms with Crippen LogP contribution < -0.4 is 39.8 Å². The minimum absolute atomic E-state index is 0. The van der Waals surface area contributed by atoms with Crippen LogP contribution >= 0.6 is 8.38 Å². The second-order valence-electron chi connectivity index (χ2n) is 1.61. The molecule has 2 nitrogen and oxygen atoms in total. The second kappa shape index (κ2) is 5.25. The van der Waals surface area contributed by atoms with Crippen LogP contribution in [0.2, 0.25) is 0 Å². The molecule has 0 spiro atoms. The molecule has 1 N–H and O–H groups in total. The Morgan fingerprint density at radius 1 is 1.20 bits per heavy atom. The van der Waals surface area contributed by atoms with E-state index in [0.29, 0.717) is 5.30 Å². The zero-order chi connectivity index (χ0) is 6.69. The molecule has 0 heterocycles. The fraction of sp³-hybridized carbons (Fsp3) is 0. The first-order chi connectivity index (χ1) is 4.30. The third kappa shape index (κ3) is 3.11. The molecule has 0 bridgehead atoms. The van der Waals surface area contributed by atoms with Crippen molar-refractivity contribution in [2.45, 2.75) is 0 Å². The maximum absolute atomic E-state index is 10.3. The van der Waals surface area contributed by atoms with Gasteiger partial charge in [-0.2, -0.15) is 0 Å².